The second-order valence-corrected chi connectivity index (χ2v) is 5.06. The van der Waals surface area contributed by atoms with Crippen LogP contribution in [-0.4, -0.2) is 10.2 Å². The van der Waals surface area contributed by atoms with Crippen LogP contribution < -0.4 is 5.32 Å². The number of nitrogens with one attached hydrogen (secondary N) is 1. The maximum atomic E-state index is 12.6. The molecule has 0 heterocycles. The lowest BCUT2D eigenvalue weighted by Crippen LogP contribution is -2.16. The van der Waals surface area contributed by atoms with Crippen LogP contribution in [0, 0.1) is 11.7 Å². The molecule has 1 aliphatic rings. The van der Waals surface area contributed by atoms with E-state index in [1.54, 1.807) is 0 Å². The van der Waals surface area contributed by atoms with E-state index in [0.29, 0.717) is 12.1 Å². The predicted molar refractivity (Wildman–Crippen MR) is 57.6 cm³/mol. The van der Waals surface area contributed by atoms with E-state index in [2.05, 4.69) is 5.32 Å². The quantitative estimate of drug-likeness (QED) is 0.801. The fourth-order valence-corrected chi connectivity index (χ4v) is 1.77. The molecule has 1 unspecified atom stereocenters. The molecular formula is C10H8Cl2FNO. The van der Waals surface area contributed by atoms with E-state index in [4.69, 9.17) is 23.2 Å². The van der Waals surface area contributed by atoms with E-state index in [0.717, 1.165) is 0 Å². The monoisotopic (exact) mass is 247 g/mol. The Morgan fingerprint density at radius 1 is 1.40 bits per heavy atom. The average molecular weight is 248 g/mol. The Bertz CT molecular complexity index is 391. The molecule has 15 heavy (non-hydrogen) atoms. The van der Waals surface area contributed by atoms with Gasteiger partial charge < -0.3 is 5.32 Å². The third-order valence-corrected chi connectivity index (χ3v) is 3.09. The Balaban J connectivity index is 1.98. The van der Waals surface area contributed by atoms with Gasteiger partial charge in [0.05, 0.1) is 5.92 Å². The van der Waals surface area contributed by atoms with Crippen molar-refractivity contribution in [2.75, 3.05) is 5.32 Å². The third-order valence-electron chi connectivity index (χ3n) is 2.25. The standard InChI is InChI=1S/C10H8Cl2FNO/c11-10(12)5-8(10)9(15)14-7-3-1-6(13)2-4-7/h1-4,8H,5H2,(H,14,15). The molecule has 1 saturated carbocycles. The Labute approximate surface area is 96.4 Å². The lowest BCUT2D eigenvalue weighted by Gasteiger charge is -2.04. The molecule has 1 aromatic rings. The van der Waals surface area contributed by atoms with E-state index in [1.807, 2.05) is 0 Å². The summed E-state index contributed by atoms with van der Waals surface area (Å²) in [6.07, 6.45) is 0.461. The van der Waals surface area contributed by atoms with Gasteiger partial charge in [0.1, 0.15) is 10.2 Å². The molecule has 1 amide bonds. The van der Waals surface area contributed by atoms with Gasteiger partial charge in [-0.1, -0.05) is 0 Å². The topological polar surface area (TPSA) is 29.1 Å². The Kier molecular flexibility index (Phi) is 2.61. The van der Waals surface area contributed by atoms with Crippen molar-refractivity contribution in [2.24, 2.45) is 5.92 Å². The summed E-state index contributed by atoms with van der Waals surface area (Å²) in [7, 11) is 0. The molecule has 80 valence electrons. The Hall–Kier alpha value is -0.800. The highest BCUT2D eigenvalue weighted by Gasteiger charge is 2.56. The summed E-state index contributed by atoms with van der Waals surface area (Å²) in [5.41, 5.74) is 0.539. The summed E-state index contributed by atoms with van der Waals surface area (Å²) in [5.74, 6) is -0.944. The molecule has 2 rings (SSSR count). The molecule has 0 bridgehead atoms. The first kappa shape index (κ1) is 10.7. The molecule has 0 saturated heterocycles. The van der Waals surface area contributed by atoms with Crippen LogP contribution in [0.4, 0.5) is 10.1 Å². The molecule has 1 aromatic carbocycles. The Morgan fingerprint density at radius 2 is 1.93 bits per heavy atom. The Morgan fingerprint density at radius 3 is 2.40 bits per heavy atom. The van der Waals surface area contributed by atoms with Crippen molar-refractivity contribution in [3.05, 3.63) is 30.1 Å². The van der Waals surface area contributed by atoms with Crippen LogP contribution in [0.2, 0.25) is 0 Å². The van der Waals surface area contributed by atoms with Crippen LogP contribution in [0.25, 0.3) is 0 Å². The molecule has 0 radical (unpaired) electrons. The molecule has 1 fully saturated rings. The van der Waals surface area contributed by atoms with Crippen molar-refractivity contribution in [2.45, 2.75) is 10.8 Å². The van der Waals surface area contributed by atoms with Gasteiger partial charge in [0.15, 0.2) is 0 Å². The molecule has 0 aromatic heterocycles. The molecular weight excluding hydrogens is 240 g/mol. The second kappa shape index (κ2) is 3.65. The van der Waals surface area contributed by atoms with Gasteiger partial charge in [0, 0.05) is 5.69 Å². The van der Waals surface area contributed by atoms with Gasteiger partial charge in [0.2, 0.25) is 5.91 Å². The molecule has 1 aliphatic carbocycles. The molecule has 1 atom stereocenters. The first-order valence-corrected chi connectivity index (χ1v) is 5.19. The minimum absolute atomic E-state index is 0.230. The lowest BCUT2D eigenvalue weighted by molar-refractivity contribution is -0.117. The van der Waals surface area contributed by atoms with Gasteiger partial charge in [-0.3, -0.25) is 4.79 Å². The maximum Gasteiger partial charge on any atom is 0.230 e. The largest absolute Gasteiger partial charge is 0.326 e. The highest BCUT2D eigenvalue weighted by atomic mass is 35.5. The maximum absolute atomic E-state index is 12.6. The minimum Gasteiger partial charge on any atom is -0.326 e. The zero-order valence-electron chi connectivity index (χ0n) is 7.64. The van der Waals surface area contributed by atoms with Gasteiger partial charge in [-0.05, 0) is 30.7 Å². The SMILES string of the molecule is O=C(Nc1ccc(F)cc1)C1CC1(Cl)Cl. The zero-order valence-corrected chi connectivity index (χ0v) is 9.15. The summed E-state index contributed by atoms with van der Waals surface area (Å²) >= 11 is 11.5. The predicted octanol–water partition coefficient (Wildman–Crippen LogP) is 2.96. The van der Waals surface area contributed by atoms with E-state index < -0.39 is 4.33 Å². The highest BCUT2D eigenvalue weighted by molar-refractivity contribution is 6.52. The molecule has 5 heteroatoms. The van der Waals surface area contributed by atoms with Crippen LogP contribution in [0.5, 0.6) is 0 Å². The van der Waals surface area contributed by atoms with Crippen LogP contribution in [-0.2, 0) is 4.79 Å². The lowest BCUT2D eigenvalue weighted by atomic mass is 10.3. The molecule has 0 aliphatic heterocycles. The number of hydrogen-bond acceptors (Lipinski definition) is 1. The number of carbonyl (C=O) groups excluding carboxylic acids is 1. The summed E-state index contributed by atoms with van der Waals surface area (Å²) in [6, 6.07) is 5.52. The van der Waals surface area contributed by atoms with Crippen molar-refractivity contribution >= 4 is 34.8 Å². The summed E-state index contributed by atoms with van der Waals surface area (Å²) < 4.78 is 11.6. The second-order valence-electron chi connectivity index (χ2n) is 3.51. The van der Waals surface area contributed by atoms with E-state index >= 15 is 0 Å². The first-order valence-electron chi connectivity index (χ1n) is 4.43. The average Bonchev–Trinajstić information content (AvgIpc) is 2.79. The van der Waals surface area contributed by atoms with E-state index in [1.165, 1.54) is 24.3 Å². The number of rotatable bonds is 2. The first-order chi connectivity index (χ1) is 6.99. The van der Waals surface area contributed by atoms with Crippen molar-refractivity contribution in [1.29, 1.82) is 0 Å². The van der Waals surface area contributed by atoms with Gasteiger partial charge in [-0.2, -0.15) is 0 Å². The number of alkyl halides is 2. The highest BCUT2D eigenvalue weighted by Crippen LogP contribution is 2.53. The molecule has 0 spiro atoms. The van der Waals surface area contributed by atoms with Gasteiger partial charge >= 0.3 is 0 Å². The van der Waals surface area contributed by atoms with E-state index in [-0.39, 0.29) is 17.6 Å². The van der Waals surface area contributed by atoms with E-state index in [9.17, 15) is 9.18 Å². The van der Waals surface area contributed by atoms with Crippen molar-refractivity contribution < 1.29 is 9.18 Å². The van der Waals surface area contributed by atoms with Crippen molar-refractivity contribution in [1.82, 2.24) is 0 Å². The van der Waals surface area contributed by atoms with Gasteiger partial charge in [-0.25, -0.2) is 4.39 Å². The third kappa shape index (κ3) is 2.41. The minimum atomic E-state index is -0.926. The molecule has 1 N–H and O–H groups in total. The zero-order chi connectivity index (χ0) is 11.1. The van der Waals surface area contributed by atoms with Crippen LogP contribution >= 0.6 is 23.2 Å². The fraction of sp³-hybridized carbons (Fsp3) is 0.300. The normalized spacial score (nSPS) is 22.2. The number of benzene rings is 1. The number of hydrogen-bond donors (Lipinski definition) is 1. The van der Waals surface area contributed by atoms with Crippen molar-refractivity contribution in [3.8, 4) is 0 Å². The number of anilines is 1. The smallest absolute Gasteiger partial charge is 0.230 e. The fourth-order valence-electron chi connectivity index (χ4n) is 1.26. The van der Waals surface area contributed by atoms with Crippen LogP contribution in [0.15, 0.2) is 24.3 Å². The summed E-state index contributed by atoms with van der Waals surface area (Å²) in [6.45, 7) is 0. The van der Waals surface area contributed by atoms with Crippen molar-refractivity contribution in [3.63, 3.8) is 0 Å². The number of carbonyl (C=O) groups is 1. The van der Waals surface area contributed by atoms with Crippen LogP contribution in [0.3, 0.4) is 0 Å². The number of amides is 1. The van der Waals surface area contributed by atoms with Gasteiger partial charge in [0.25, 0.3) is 0 Å². The van der Waals surface area contributed by atoms with Crippen LogP contribution in [0.1, 0.15) is 6.42 Å². The number of halogens is 3. The summed E-state index contributed by atoms with van der Waals surface area (Å²) in [4.78, 5) is 11.5. The summed E-state index contributed by atoms with van der Waals surface area (Å²) in [5, 5.41) is 2.61. The molecule has 2 nitrogen and oxygen atoms in total. The van der Waals surface area contributed by atoms with Gasteiger partial charge in [-0.15, -0.1) is 23.2 Å².